The molecule has 2 rings (SSSR count). The molecule has 0 amide bonds. The number of rotatable bonds is 6. The summed E-state index contributed by atoms with van der Waals surface area (Å²) < 4.78 is 0. The maximum Gasteiger partial charge on any atom is 0.188 e. The molecular formula is C16H28N6. The average Bonchev–Trinajstić information content (AvgIpc) is 2.54. The van der Waals surface area contributed by atoms with Crippen molar-refractivity contribution in [2.45, 2.75) is 26.3 Å². The second kappa shape index (κ2) is 8.58. The van der Waals surface area contributed by atoms with Crippen LogP contribution in [0, 0.1) is 0 Å². The Morgan fingerprint density at radius 2 is 2.14 bits per heavy atom. The lowest BCUT2D eigenvalue weighted by Crippen LogP contribution is -2.44. The number of unbranched alkanes of at least 4 members (excludes halogenated alkanes) is 1. The van der Waals surface area contributed by atoms with Crippen LogP contribution < -0.4 is 16.0 Å². The van der Waals surface area contributed by atoms with Crippen LogP contribution in [0.5, 0.6) is 0 Å². The first-order valence-electron chi connectivity index (χ1n) is 8.11. The lowest BCUT2D eigenvalue weighted by Gasteiger charge is -2.33. The molecule has 0 aliphatic carbocycles. The Morgan fingerprint density at radius 3 is 2.86 bits per heavy atom. The highest BCUT2D eigenvalue weighted by Crippen LogP contribution is 2.15. The summed E-state index contributed by atoms with van der Waals surface area (Å²) in [7, 11) is 2.16. The molecule has 2 heterocycles. The van der Waals surface area contributed by atoms with Gasteiger partial charge in [-0.2, -0.15) is 0 Å². The maximum absolute atomic E-state index is 5.87. The molecule has 0 bridgehead atoms. The van der Waals surface area contributed by atoms with Crippen LogP contribution in [0.2, 0.25) is 0 Å². The van der Waals surface area contributed by atoms with E-state index in [1.54, 1.807) is 0 Å². The second-order valence-corrected chi connectivity index (χ2v) is 5.79. The third kappa shape index (κ3) is 5.18. The minimum Gasteiger partial charge on any atom is -0.370 e. The number of nitrogens with one attached hydrogen (secondary N) is 1. The third-order valence-electron chi connectivity index (χ3n) is 3.91. The van der Waals surface area contributed by atoms with Crippen LogP contribution in [0.3, 0.4) is 0 Å². The van der Waals surface area contributed by atoms with Gasteiger partial charge in [0, 0.05) is 38.9 Å². The SMILES string of the molecule is CCCCNC(N)=NCc1ccnc(N2CCN(C)CC2)c1. The van der Waals surface area contributed by atoms with Crippen LogP contribution >= 0.6 is 0 Å². The molecule has 122 valence electrons. The number of aliphatic imine (C=N–C) groups is 1. The summed E-state index contributed by atoms with van der Waals surface area (Å²) in [5.41, 5.74) is 7.01. The summed E-state index contributed by atoms with van der Waals surface area (Å²) in [6.07, 6.45) is 4.12. The molecule has 0 atom stereocenters. The van der Waals surface area contributed by atoms with Gasteiger partial charge < -0.3 is 20.9 Å². The molecule has 6 nitrogen and oxygen atoms in total. The molecule has 0 aromatic carbocycles. The van der Waals surface area contributed by atoms with Crippen LogP contribution in [0.1, 0.15) is 25.3 Å². The topological polar surface area (TPSA) is 69.8 Å². The van der Waals surface area contributed by atoms with Gasteiger partial charge in [0.15, 0.2) is 5.96 Å². The molecule has 1 fully saturated rings. The summed E-state index contributed by atoms with van der Waals surface area (Å²) >= 11 is 0. The van der Waals surface area contributed by atoms with Crippen LogP contribution in [0.25, 0.3) is 0 Å². The zero-order chi connectivity index (χ0) is 15.8. The lowest BCUT2D eigenvalue weighted by molar-refractivity contribution is 0.312. The van der Waals surface area contributed by atoms with Crippen molar-refractivity contribution >= 4 is 11.8 Å². The molecule has 0 radical (unpaired) electrons. The molecule has 6 heteroatoms. The molecule has 1 saturated heterocycles. The van der Waals surface area contributed by atoms with Crippen molar-refractivity contribution in [1.29, 1.82) is 0 Å². The number of pyridine rings is 1. The number of anilines is 1. The largest absolute Gasteiger partial charge is 0.370 e. The fourth-order valence-corrected chi connectivity index (χ4v) is 2.39. The fourth-order valence-electron chi connectivity index (χ4n) is 2.39. The molecule has 22 heavy (non-hydrogen) atoms. The Morgan fingerprint density at radius 1 is 1.36 bits per heavy atom. The number of piperazine rings is 1. The monoisotopic (exact) mass is 304 g/mol. The van der Waals surface area contributed by atoms with Gasteiger partial charge >= 0.3 is 0 Å². The van der Waals surface area contributed by atoms with Gasteiger partial charge in [-0.15, -0.1) is 0 Å². The Hall–Kier alpha value is -1.82. The Balaban J connectivity index is 1.89. The number of hydrogen-bond acceptors (Lipinski definition) is 4. The van der Waals surface area contributed by atoms with Gasteiger partial charge in [0.25, 0.3) is 0 Å². The van der Waals surface area contributed by atoms with E-state index >= 15 is 0 Å². The minimum atomic E-state index is 0.520. The van der Waals surface area contributed by atoms with E-state index in [-0.39, 0.29) is 0 Å². The summed E-state index contributed by atoms with van der Waals surface area (Å²) in [6, 6.07) is 4.12. The van der Waals surface area contributed by atoms with E-state index in [0.29, 0.717) is 12.5 Å². The fraction of sp³-hybridized carbons (Fsp3) is 0.625. The quantitative estimate of drug-likeness (QED) is 0.467. The maximum atomic E-state index is 5.87. The lowest BCUT2D eigenvalue weighted by atomic mass is 10.2. The van der Waals surface area contributed by atoms with E-state index in [9.17, 15) is 0 Å². The Kier molecular flexibility index (Phi) is 6.45. The molecule has 0 spiro atoms. The number of hydrogen-bond donors (Lipinski definition) is 2. The van der Waals surface area contributed by atoms with E-state index in [0.717, 1.165) is 56.9 Å². The predicted octanol–water partition coefficient (Wildman–Crippen LogP) is 1.04. The first-order valence-corrected chi connectivity index (χ1v) is 8.11. The van der Waals surface area contributed by atoms with Gasteiger partial charge in [0.1, 0.15) is 5.82 Å². The molecule has 1 aliphatic heterocycles. The first-order chi connectivity index (χ1) is 10.7. The van der Waals surface area contributed by atoms with Gasteiger partial charge in [-0.3, -0.25) is 0 Å². The van der Waals surface area contributed by atoms with Crippen molar-refractivity contribution in [3.05, 3.63) is 23.9 Å². The number of nitrogens with zero attached hydrogens (tertiary/aromatic N) is 4. The highest BCUT2D eigenvalue weighted by Gasteiger charge is 2.15. The molecule has 1 aliphatic rings. The van der Waals surface area contributed by atoms with Gasteiger partial charge in [-0.25, -0.2) is 9.98 Å². The highest BCUT2D eigenvalue weighted by molar-refractivity contribution is 5.77. The predicted molar refractivity (Wildman–Crippen MR) is 92.2 cm³/mol. The van der Waals surface area contributed by atoms with E-state index in [4.69, 9.17) is 5.73 Å². The van der Waals surface area contributed by atoms with Crippen molar-refractivity contribution in [2.24, 2.45) is 10.7 Å². The van der Waals surface area contributed by atoms with Crippen molar-refractivity contribution in [3.8, 4) is 0 Å². The molecular weight excluding hydrogens is 276 g/mol. The van der Waals surface area contributed by atoms with E-state index in [1.165, 1.54) is 0 Å². The summed E-state index contributed by atoms with van der Waals surface area (Å²) in [5.74, 6) is 1.56. The summed E-state index contributed by atoms with van der Waals surface area (Å²) in [6.45, 7) is 7.85. The van der Waals surface area contributed by atoms with Crippen LogP contribution in [0.15, 0.2) is 23.3 Å². The number of likely N-dealkylation sites (N-methyl/N-ethyl adjacent to an activating group) is 1. The van der Waals surface area contributed by atoms with E-state index in [2.05, 4.69) is 45.1 Å². The smallest absolute Gasteiger partial charge is 0.188 e. The van der Waals surface area contributed by atoms with E-state index in [1.807, 2.05) is 12.3 Å². The average molecular weight is 304 g/mol. The Labute approximate surface area is 133 Å². The van der Waals surface area contributed by atoms with Gasteiger partial charge in [0.2, 0.25) is 0 Å². The summed E-state index contributed by atoms with van der Waals surface area (Å²) in [4.78, 5) is 13.6. The number of guanidine groups is 1. The van der Waals surface area contributed by atoms with Gasteiger partial charge in [-0.1, -0.05) is 13.3 Å². The van der Waals surface area contributed by atoms with Crippen molar-refractivity contribution in [1.82, 2.24) is 15.2 Å². The third-order valence-corrected chi connectivity index (χ3v) is 3.91. The van der Waals surface area contributed by atoms with Crippen molar-refractivity contribution in [3.63, 3.8) is 0 Å². The normalized spacial score (nSPS) is 16.8. The van der Waals surface area contributed by atoms with Gasteiger partial charge in [0.05, 0.1) is 6.54 Å². The zero-order valence-electron chi connectivity index (χ0n) is 13.8. The minimum absolute atomic E-state index is 0.520. The first kappa shape index (κ1) is 16.5. The number of aromatic nitrogens is 1. The second-order valence-electron chi connectivity index (χ2n) is 5.79. The Bertz CT molecular complexity index is 479. The molecule has 0 saturated carbocycles. The van der Waals surface area contributed by atoms with Crippen LogP contribution in [-0.4, -0.2) is 55.6 Å². The van der Waals surface area contributed by atoms with Gasteiger partial charge in [-0.05, 0) is 31.2 Å². The van der Waals surface area contributed by atoms with Crippen molar-refractivity contribution in [2.75, 3.05) is 44.7 Å². The molecule has 1 aromatic heterocycles. The van der Waals surface area contributed by atoms with E-state index < -0.39 is 0 Å². The van der Waals surface area contributed by atoms with Crippen molar-refractivity contribution < 1.29 is 0 Å². The molecule has 0 unspecified atom stereocenters. The molecule has 1 aromatic rings. The van der Waals surface area contributed by atoms with Crippen LogP contribution in [0.4, 0.5) is 5.82 Å². The van der Waals surface area contributed by atoms with Crippen LogP contribution in [-0.2, 0) is 6.54 Å². The zero-order valence-corrected chi connectivity index (χ0v) is 13.8. The summed E-state index contributed by atoms with van der Waals surface area (Å²) in [5, 5.41) is 3.13. The standard InChI is InChI=1S/C16H28N6/c1-3-4-6-19-16(17)20-13-14-5-7-18-15(12-14)22-10-8-21(2)9-11-22/h5,7,12H,3-4,6,8-11,13H2,1-2H3,(H3,17,19,20). The highest BCUT2D eigenvalue weighted by atomic mass is 15.3. The molecule has 3 N–H and O–H groups in total. The number of nitrogens with two attached hydrogens (primary N) is 1.